The Bertz CT molecular complexity index is 2440. The Morgan fingerprint density at radius 1 is 0.491 bits per heavy atom. The Morgan fingerprint density at radius 2 is 0.764 bits per heavy atom. The van der Waals surface area contributed by atoms with Crippen molar-refractivity contribution in [1.82, 2.24) is 38.2 Å². The van der Waals surface area contributed by atoms with Gasteiger partial charge in [0.05, 0.1) is 37.1 Å². The predicted molar refractivity (Wildman–Crippen MR) is 219 cm³/mol. The van der Waals surface area contributed by atoms with Gasteiger partial charge in [0.1, 0.15) is 23.4 Å². The predicted octanol–water partition coefficient (Wildman–Crippen LogP) is 1.18. The summed E-state index contributed by atoms with van der Waals surface area (Å²) in [6.45, 7) is 0. The molecule has 0 unspecified atom stereocenters. The fourth-order valence-electron chi connectivity index (χ4n) is 6.17. The largest absolute Gasteiger partial charge is 2.00 e. The molecule has 4 aromatic carbocycles. The summed E-state index contributed by atoms with van der Waals surface area (Å²) in [6.07, 6.45) is 5.14. The molecule has 0 radical (unpaired) electrons. The normalized spacial score (nSPS) is 10.8. The smallest absolute Gasteiger partial charge is 0.432 e. The number of benzene rings is 4. The molecule has 8 rings (SSSR count). The summed E-state index contributed by atoms with van der Waals surface area (Å²) in [4.78, 5) is 57.2. The van der Waals surface area contributed by atoms with Crippen LogP contribution < -0.4 is 53.7 Å². The van der Waals surface area contributed by atoms with Crippen molar-refractivity contribution < 1.29 is 30.7 Å². The van der Waals surface area contributed by atoms with E-state index in [4.69, 9.17) is 0 Å². The number of rotatable bonds is 7. The van der Waals surface area contributed by atoms with Crippen molar-refractivity contribution in [2.45, 2.75) is 0 Å². The van der Waals surface area contributed by atoms with Gasteiger partial charge < -0.3 is 19.9 Å². The van der Waals surface area contributed by atoms with Gasteiger partial charge in [0, 0.05) is 39.5 Å². The van der Waals surface area contributed by atoms with Crippen LogP contribution in [0.5, 0.6) is 0 Å². The van der Waals surface area contributed by atoms with Crippen molar-refractivity contribution in [3.8, 4) is 0 Å². The molecule has 2 N–H and O–H groups in total. The fraction of sp³-hybridized carbons (Fsp3) is 0.150. The topological polar surface area (TPSA) is 151 Å². The van der Waals surface area contributed by atoms with Crippen LogP contribution >= 0.6 is 15.8 Å². The molecule has 0 saturated heterocycles. The number of nitrogens with zero attached hydrogens (tertiary/aromatic N) is 8. The molecule has 0 fully saturated rings. The van der Waals surface area contributed by atoms with E-state index < -0.39 is 15.8 Å². The van der Waals surface area contributed by atoms with Crippen LogP contribution in [0.25, 0.3) is 22.3 Å². The first-order chi connectivity index (χ1) is 26.2. The molecule has 0 amide bonds. The van der Waals surface area contributed by atoms with Crippen LogP contribution in [0, 0.1) is 0 Å². The first-order valence-corrected chi connectivity index (χ1v) is 20.6. The van der Waals surface area contributed by atoms with Gasteiger partial charge in [-0.2, -0.15) is 0 Å². The van der Waals surface area contributed by atoms with E-state index in [1.54, 1.807) is 14.1 Å². The first-order valence-electron chi connectivity index (χ1n) is 17.2. The van der Waals surface area contributed by atoms with E-state index >= 15 is 0 Å². The zero-order valence-corrected chi connectivity index (χ0v) is 35.0. The van der Waals surface area contributed by atoms with E-state index in [9.17, 15) is 19.2 Å². The summed E-state index contributed by atoms with van der Waals surface area (Å²) >= 11 is 0. The zero-order chi connectivity index (χ0) is 38.2. The standard InChI is InChI=1S/C26H24P2.2C7H8N4O2.Pt/c1-5-13-23(14-6-1)27(24-15-7-2-8-16-24)21-22-28(25-17-9-3-10-18-25)26-19-11-4-12-20-26;2*1-10-5-4(8-3-9-5)6(12)11(2)7(10)13;/h1-20H,21-22H2;2*3H,1-2H3,(H,8,9,12);/q;;;+2/p+2. The van der Waals surface area contributed by atoms with E-state index in [0.29, 0.717) is 22.3 Å². The molecule has 12 nitrogen and oxygen atoms in total. The summed E-state index contributed by atoms with van der Waals surface area (Å²) in [7, 11) is 4.55. The molecule has 4 heterocycles. The minimum Gasteiger partial charge on any atom is -0.432 e. The number of aromatic nitrogens is 8. The third kappa shape index (κ3) is 9.17. The summed E-state index contributed by atoms with van der Waals surface area (Å²) in [5.41, 5.74) is 0.484. The number of imidazole rings is 2. The molecule has 8 aromatic rings. The monoisotopic (exact) mass is 955 g/mol. The Morgan fingerprint density at radius 3 is 1.04 bits per heavy atom. The molecule has 0 spiro atoms. The molecule has 282 valence electrons. The van der Waals surface area contributed by atoms with Gasteiger partial charge in [0.15, 0.2) is 0 Å². The fourth-order valence-corrected chi connectivity index (χ4v) is 12.4. The van der Waals surface area contributed by atoms with Gasteiger partial charge in [0.25, 0.3) is 0 Å². The molecule has 0 aliphatic carbocycles. The van der Waals surface area contributed by atoms with Gasteiger partial charge in [-0.25, -0.2) is 18.7 Å². The third-order valence-corrected chi connectivity index (χ3v) is 15.2. The van der Waals surface area contributed by atoms with Crippen LogP contribution in [0.2, 0.25) is 0 Å². The Balaban J connectivity index is 0.000000178. The zero-order valence-electron chi connectivity index (χ0n) is 30.7. The summed E-state index contributed by atoms with van der Waals surface area (Å²) in [5, 5.41) is 6.06. The molecule has 0 bridgehead atoms. The average Bonchev–Trinajstić information content (AvgIpc) is 3.93. The average molecular weight is 956 g/mol. The molecule has 0 aliphatic heterocycles. The van der Waals surface area contributed by atoms with Crippen molar-refractivity contribution in [1.29, 1.82) is 0 Å². The van der Waals surface area contributed by atoms with Crippen LogP contribution in [0.1, 0.15) is 0 Å². The molecule has 0 aliphatic rings. The maximum atomic E-state index is 11.4. The molecule has 55 heavy (non-hydrogen) atoms. The van der Waals surface area contributed by atoms with Crippen LogP contribution in [-0.4, -0.2) is 50.1 Å². The van der Waals surface area contributed by atoms with Crippen LogP contribution in [0.15, 0.2) is 144 Å². The summed E-state index contributed by atoms with van der Waals surface area (Å²) in [6, 6.07) is 44.5. The second kappa shape index (κ2) is 18.9. The van der Waals surface area contributed by atoms with Gasteiger partial charge in [-0.15, -0.1) is 0 Å². The number of hydrogen-bond donors (Lipinski definition) is 0. The minimum atomic E-state index is -0.783. The maximum Gasteiger partial charge on any atom is 2.00 e. The van der Waals surface area contributed by atoms with Crippen LogP contribution in [0.4, 0.5) is 0 Å². The summed E-state index contributed by atoms with van der Waals surface area (Å²) in [5.74, 6) is 0. The second-order valence-corrected chi connectivity index (χ2v) is 17.7. The molecular weight excluding hydrogens is 914 g/mol. The van der Waals surface area contributed by atoms with Gasteiger partial charge in [0.2, 0.25) is 0 Å². The van der Waals surface area contributed by atoms with Gasteiger partial charge >= 0.3 is 43.6 Å². The van der Waals surface area contributed by atoms with E-state index in [2.05, 4.69) is 141 Å². The number of hydrogen-bond acceptors (Lipinski definition) is 4. The van der Waals surface area contributed by atoms with Crippen molar-refractivity contribution in [2.24, 2.45) is 28.2 Å². The second-order valence-electron chi connectivity index (χ2n) is 12.5. The van der Waals surface area contributed by atoms with Crippen molar-refractivity contribution >= 4 is 59.4 Å². The van der Waals surface area contributed by atoms with Gasteiger partial charge in [-0.1, -0.05) is 85.5 Å². The molecule has 15 heteroatoms. The number of aryl methyl sites for hydroxylation is 2. The van der Waals surface area contributed by atoms with Crippen molar-refractivity contribution in [2.75, 3.05) is 12.3 Å². The van der Waals surface area contributed by atoms with Crippen molar-refractivity contribution in [3.05, 3.63) is 166 Å². The van der Waals surface area contributed by atoms with E-state index in [0.717, 1.165) is 9.13 Å². The quantitative estimate of drug-likeness (QED) is 0.173. The van der Waals surface area contributed by atoms with Crippen molar-refractivity contribution in [3.63, 3.8) is 0 Å². The SMILES string of the molecule is Cn1c(=[OH+])c2[n-]cnc2n(C)c1=O.Cn1c(=[OH+])c2[n-]cnc2n(C)c1=O.[Pt+2].c1ccc([PH+](CC[PH+](c2ccccc2)c2ccccc2)c2ccccc2)cc1. The minimum absolute atomic E-state index is 0. The Kier molecular flexibility index (Phi) is 14.0. The van der Waals surface area contributed by atoms with Gasteiger partial charge in [-0.3, -0.25) is 18.7 Å². The molecular formula is C40H42N8O4P2Pt+4. The molecule has 0 atom stereocenters. The third-order valence-electron chi connectivity index (χ3n) is 9.11. The van der Waals surface area contributed by atoms with Gasteiger partial charge in [-0.05, 0) is 48.5 Å². The summed E-state index contributed by atoms with van der Waals surface area (Å²) < 4.78 is 4.91. The Hall–Kier alpha value is -5.27. The Labute approximate surface area is 333 Å². The first kappa shape index (κ1) is 40.9. The van der Waals surface area contributed by atoms with E-state index in [1.807, 2.05) is 0 Å². The van der Waals surface area contributed by atoms with Crippen LogP contribution in [-0.2, 0) is 49.3 Å². The van der Waals surface area contributed by atoms with E-state index in [-0.39, 0.29) is 43.6 Å². The molecule has 0 saturated carbocycles. The maximum absolute atomic E-state index is 11.4. The molecule has 4 aromatic heterocycles. The van der Waals surface area contributed by atoms with Crippen LogP contribution in [0.3, 0.4) is 0 Å². The number of fused-ring (bicyclic) bond motifs is 2. The van der Waals surface area contributed by atoms with E-state index in [1.165, 1.54) is 69.4 Å².